The van der Waals surface area contributed by atoms with Crippen molar-refractivity contribution in [1.29, 1.82) is 0 Å². The summed E-state index contributed by atoms with van der Waals surface area (Å²) in [5, 5.41) is 16.3. The molecular weight excluding hydrogens is 456 g/mol. The van der Waals surface area contributed by atoms with Crippen LogP contribution in [-0.2, 0) is 13.1 Å². The number of aryl methyl sites for hydroxylation is 1. The number of nitrogens with zero attached hydrogens (tertiary/aromatic N) is 5. The molecule has 1 saturated carbocycles. The number of rotatable bonds is 9. The van der Waals surface area contributed by atoms with Gasteiger partial charge in [0.05, 0.1) is 12.1 Å². The van der Waals surface area contributed by atoms with Gasteiger partial charge in [0, 0.05) is 29.0 Å². The van der Waals surface area contributed by atoms with Gasteiger partial charge in [-0.05, 0) is 71.6 Å². The Hall–Kier alpha value is -2.84. The molecule has 4 aromatic rings. The predicted molar refractivity (Wildman–Crippen MR) is 140 cm³/mol. The van der Waals surface area contributed by atoms with E-state index in [1.807, 2.05) is 12.1 Å². The molecule has 1 fully saturated rings. The number of aromatic nitrogens is 5. The molecule has 7 nitrogen and oxygen atoms in total. The molecule has 0 amide bonds. The van der Waals surface area contributed by atoms with Gasteiger partial charge >= 0.3 is 0 Å². The van der Waals surface area contributed by atoms with Crippen molar-refractivity contribution in [3.05, 3.63) is 74.0 Å². The normalized spacial score (nSPS) is 15.7. The third-order valence-corrected chi connectivity index (χ3v) is 7.99. The van der Waals surface area contributed by atoms with Gasteiger partial charge in [0.15, 0.2) is 5.82 Å². The van der Waals surface area contributed by atoms with E-state index >= 15 is 0 Å². The van der Waals surface area contributed by atoms with Gasteiger partial charge in [-0.1, -0.05) is 50.3 Å². The monoisotopic (exact) mass is 490 g/mol. The molecule has 0 aliphatic heterocycles. The number of pyridine rings is 1. The van der Waals surface area contributed by atoms with Crippen LogP contribution in [0.3, 0.4) is 0 Å². The highest BCUT2D eigenvalue weighted by Crippen LogP contribution is 2.33. The summed E-state index contributed by atoms with van der Waals surface area (Å²) in [5.74, 6) is 0.934. The minimum atomic E-state index is -0.0281. The number of hydrogen-bond donors (Lipinski definition) is 1. The summed E-state index contributed by atoms with van der Waals surface area (Å²) in [6, 6.07) is 12.8. The van der Waals surface area contributed by atoms with Crippen LogP contribution in [0, 0.1) is 6.92 Å². The number of fused-ring (bicyclic) bond motifs is 1. The number of benzene rings is 1. The number of nitrogens with one attached hydrogen (secondary N) is 1. The zero-order valence-corrected chi connectivity index (χ0v) is 21.4. The van der Waals surface area contributed by atoms with Crippen LogP contribution in [0.1, 0.15) is 85.8 Å². The number of aromatic amines is 1. The fraction of sp³-hybridized carbons (Fsp3) is 0.481. The molecule has 8 heteroatoms. The Kier molecular flexibility index (Phi) is 7.39. The zero-order valence-electron chi connectivity index (χ0n) is 20.6. The molecule has 0 saturated heterocycles. The number of thiophene rings is 1. The van der Waals surface area contributed by atoms with Gasteiger partial charge in [-0.3, -0.25) is 9.69 Å². The van der Waals surface area contributed by atoms with Crippen LogP contribution in [0.5, 0.6) is 0 Å². The van der Waals surface area contributed by atoms with Crippen molar-refractivity contribution in [1.82, 2.24) is 30.1 Å². The quantitative estimate of drug-likeness (QED) is 0.314. The molecule has 1 N–H and O–H groups in total. The average molecular weight is 491 g/mol. The third-order valence-electron chi connectivity index (χ3n) is 7.13. The Labute approximate surface area is 210 Å². The number of H-pyrrole nitrogens is 1. The third kappa shape index (κ3) is 5.38. The van der Waals surface area contributed by atoms with Gasteiger partial charge in [0.2, 0.25) is 0 Å². The van der Waals surface area contributed by atoms with Crippen LogP contribution in [0.4, 0.5) is 0 Å². The predicted octanol–water partition coefficient (Wildman–Crippen LogP) is 5.93. The highest BCUT2D eigenvalue weighted by atomic mass is 32.1. The zero-order chi connectivity index (χ0) is 24.2. The Morgan fingerprint density at radius 1 is 1.17 bits per heavy atom. The second-order valence-corrected chi connectivity index (χ2v) is 10.8. The summed E-state index contributed by atoms with van der Waals surface area (Å²) < 4.78 is 2.09. The van der Waals surface area contributed by atoms with Crippen LogP contribution >= 0.6 is 11.3 Å². The van der Waals surface area contributed by atoms with Gasteiger partial charge in [-0.25, -0.2) is 4.68 Å². The largest absolute Gasteiger partial charge is 0.322 e. The van der Waals surface area contributed by atoms with E-state index in [4.69, 9.17) is 0 Å². The molecule has 35 heavy (non-hydrogen) atoms. The van der Waals surface area contributed by atoms with E-state index < -0.39 is 0 Å². The number of hydrogen-bond acceptors (Lipinski definition) is 6. The maximum absolute atomic E-state index is 13.1. The molecule has 0 radical (unpaired) electrons. The Balaban J connectivity index is 1.53. The van der Waals surface area contributed by atoms with E-state index in [-0.39, 0.29) is 11.6 Å². The first-order valence-electron chi connectivity index (χ1n) is 12.8. The maximum atomic E-state index is 13.1. The fourth-order valence-electron chi connectivity index (χ4n) is 5.34. The molecule has 1 aliphatic carbocycles. The summed E-state index contributed by atoms with van der Waals surface area (Å²) in [4.78, 5) is 19.9. The van der Waals surface area contributed by atoms with E-state index in [0.29, 0.717) is 12.6 Å². The van der Waals surface area contributed by atoms with Gasteiger partial charge in [-0.2, -0.15) is 0 Å². The van der Waals surface area contributed by atoms with E-state index in [1.54, 1.807) is 11.3 Å². The summed E-state index contributed by atoms with van der Waals surface area (Å²) in [6.07, 6.45) is 7.96. The van der Waals surface area contributed by atoms with Crippen molar-refractivity contribution >= 4 is 22.2 Å². The molecule has 0 spiro atoms. The van der Waals surface area contributed by atoms with Crippen LogP contribution in [-0.4, -0.2) is 30.1 Å². The summed E-state index contributed by atoms with van der Waals surface area (Å²) in [7, 11) is 0. The van der Waals surface area contributed by atoms with Gasteiger partial charge in [0.25, 0.3) is 5.56 Å². The van der Waals surface area contributed by atoms with Crippen LogP contribution in [0.15, 0.2) is 46.6 Å². The molecule has 0 bridgehead atoms. The summed E-state index contributed by atoms with van der Waals surface area (Å²) in [5.41, 5.74) is 2.80. The minimum absolute atomic E-state index is 0.0281. The standard InChI is InChI=1S/C27H34N6OS/c1-3-8-25(26-29-30-31-33(26)22-9-5-4-6-10-22)32(18-23-11-7-14-35-23)17-21-16-20-15-19(2)12-13-24(20)28-27(21)34/h7,11-16,22,25H,3-6,8-10,17-18H2,1-2H3,(H,28,34)/t25-/m0/s1. The van der Waals surface area contributed by atoms with Gasteiger partial charge < -0.3 is 4.98 Å². The molecule has 1 atom stereocenters. The van der Waals surface area contributed by atoms with Gasteiger partial charge in [-0.15, -0.1) is 16.4 Å². The smallest absolute Gasteiger partial charge is 0.252 e. The molecule has 0 unspecified atom stereocenters. The van der Waals surface area contributed by atoms with Crippen molar-refractivity contribution in [3.63, 3.8) is 0 Å². The molecule has 5 rings (SSSR count). The van der Waals surface area contributed by atoms with Crippen LogP contribution in [0.2, 0.25) is 0 Å². The SMILES string of the molecule is CCC[C@@H](c1nnnn1C1CCCCC1)N(Cc1cccs1)Cc1cc2cc(C)ccc2[nH]c1=O. The van der Waals surface area contributed by atoms with Gasteiger partial charge in [0.1, 0.15) is 0 Å². The first kappa shape index (κ1) is 23.9. The van der Waals surface area contributed by atoms with Crippen LogP contribution in [0.25, 0.3) is 10.9 Å². The molecular formula is C27H34N6OS. The van der Waals surface area contributed by atoms with Crippen molar-refractivity contribution in [2.45, 2.75) is 84.0 Å². The van der Waals surface area contributed by atoms with Crippen LogP contribution < -0.4 is 5.56 Å². The van der Waals surface area contributed by atoms with Crippen molar-refractivity contribution in [2.24, 2.45) is 0 Å². The van der Waals surface area contributed by atoms with Crippen molar-refractivity contribution in [2.75, 3.05) is 0 Å². The lowest BCUT2D eigenvalue weighted by Gasteiger charge is -2.32. The first-order chi connectivity index (χ1) is 17.1. The highest BCUT2D eigenvalue weighted by molar-refractivity contribution is 7.09. The van der Waals surface area contributed by atoms with E-state index in [1.165, 1.54) is 29.7 Å². The summed E-state index contributed by atoms with van der Waals surface area (Å²) >= 11 is 1.75. The van der Waals surface area contributed by atoms with E-state index in [2.05, 4.69) is 73.6 Å². The molecule has 184 valence electrons. The lowest BCUT2D eigenvalue weighted by Crippen LogP contribution is -2.33. The molecule has 1 aromatic carbocycles. The summed E-state index contributed by atoms with van der Waals surface area (Å²) in [6.45, 7) is 5.58. The Morgan fingerprint density at radius 2 is 2.03 bits per heavy atom. The second-order valence-electron chi connectivity index (χ2n) is 9.78. The Bertz CT molecular complexity index is 1300. The molecule has 3 aromatic heterocycles. The fourth-order valence-corrected chi connectivity index (χ4v) is 6.07. The molecule has 3 heterocycles. The Morgan fingerprint density at radius 3 is 2.80 bits per heavy atom. The number of tetrazole rings is 1. The van der Waals surface area contributed by atoms with E-state index in [9.17, 15) is 4.79 Å². The van der Waals surface area contributed by atoms with E-state index in [0.717, 1.165) is 54.5 Å². The van der Waals surface area contributed by atoms with Crippen molar-refractivity contribution < 1.29 is 0 Å². The second kappa shape index (κ2) is 10.8. The molecule has 1 aliphatic rings. The van der Waals surface area contributed by atoms with Crippen molar-refractivity contribution in [3.8, 4) is 0 Å². The minimum Gasteiger partial charge on any atom is -0.322 e. The lowest BCUT2D eigenvalue weighted by molar-refractivity contribution is 0.151. The lowest BCUT2D eigenvalue weighted by atomic mass is 9.95. The highest BCUT2D eigenvalue weighted by Gasteiger charge is 2.30. The first-order valence-corrected chi connectivity index (χ1v) is 13.7. The average Bonchev–Trinajstić information content (AvgIpc) is 3.56. The topological polar surface area (TPSA) is 79.7 Å². The maximum Gasteiger partial charge on any atom is 0.252 e.